The van der Waals surface area contributed by atoms with Crippen LogP contribution in [0.2, 0.25) is 0 Å². The maximum atomic E-state index is 12.4. The van der Waals surface area contributed by atoms with Gasteiger partial charge in [0.15, 0.2) is 5.69 Å². The molecule has 0 radical (unpaired) electrons. The predicted octanol–water partition coefficient (Wildman–Crippen LogP) is 1.63. The second-order valence-corrected chi connectivity index (χ2v) is 6.29. The number of allylic oxidation sites excluding steroid dienone is 1. The number of hydrogen-bond acceptors (Lipinski definition) is 6. The Labute approximate surface area is 175 Å². The zero-order valence-electron chi connectivity index (χ0n) is 16.5. The Bertz CT molecular complexity index is 914. The molecule has 2 aromatic rings. The third kappa shape index (κ3) is 7.41. The average molecular weight is 441 g/mol. The van der Waals surface area contributed by atoms with Crippen LogP contribution in [0.15, 0.2) is 37.1 Å². The van der Waals surface area contributed by atoms with Gasteiger partial charge in [-0.15, -0.1) is 11.7 Å². The van der Waals surface area contributed by atoms with E-state index in [0.717, 1.165) is 0 Å². The number of rotatable bonds is 11. The summed E-state index contributed by atoms with van der Waals surface area (Å²) in [7, 11) is 0. The van der Waals surface area contributed by atoms with Crippen molar-refractivity contribution >= 4 is 11.8 Å². The lowest BCUT2D eigenvalue weighted by molar-refractivity contribution is -0.123. The molecule has 12 heteroatoms. The maximum Gasteiger partial charge on any atom is 0.405 e. The predicted molar refractivity (Wildman–Crippen MR) is 104 cm³/mol. The average Bonchev–Trinajstić information content (AvgIpc) is 3.23. The third-order valence-electron chi connectivity index (χ3n) is 3.85. The number of amides is 2. The first-order chi connectivity index (χ1) is 14.7. The first kappa shape index (κ1) is 23.9. The van der Waals surface area contributed by atoms with Gasteiger partial charge in [0.2, 0.25) is 0 Å². The van der Waals surface area contributed by atoms with Crippen molar-refractivity contribution < 1.29 is 32.6 Å². The van der Waals surface area contributed by atoms with Gasteiger partial charge in [-0.25, -0.2) is 4.68 Å². The zero-order chi connectivity index (χ0) is 22.9. The molecule has 2 rings (SSSR count). The minimum Gasteiger partial charge on any atom is -0.491 e. The fraction of sp³-hybridized carbons (Fsp3) is 0.368. The van der Waals surface area contributed by atoms with Gasteiger partial charge < -0.3 is 20.5 Å². The van der Waals surface area contributed by atoms with Gasteiger partial charge in [-0.3, -0.25) is 9.59 Å². The first-order valence-corrected chi connectivity index (χ1v) is 9.29. The fourth-order valence-electron chi connectivity index (χ4n) is 2.40. The Kier molecular flexibility index (Phi) is 8.55. The van der Waals surface area contributed by atoms with E-state index in [0.29, 0.717) is 18.5 Å². The molecule has 0 aliphatic carbocycles. The smallest absolute Gasteiger partial charge is 0.405 e. The van der Waals surface area contributed by atoms with Gasteiger partial charge in [-0.1, -0.05) is 11.3 Å². The molecule has 1 heterocycles. The summed E-state index contributed by atoms with van der Waals surface area (Å²) in [6, 6.07) is 4.03. The van der Waals surface area contributed by atoms with E-state index in [1.807, 2.05) is 0 Å². The monoisotopic (exact) mass is 441 g/mol. The minimum atomic E-state index is -4.53. The van der Waals surface area contributed by atoms with E-state index in [1.54, 1.807) is 11.4 Å². The van der Waals surface area contributed by atoms with Crippen LogP contribution in [0.25, 0.3) is 5.69 Å². The first-order valence-electron chi connectivity index (χ1n) is 9.29. The number of halogens is 3. The van der Waals surface area contributed by atoms with Gasteiger partial charge in [0.1, 0.15) is 18.0 Å². The van der Waals surface area contributed by atoms with E-state index < -0.39 is 24.5 Å². The number of carbonyl (C=O) groups excluding carboxylic acids is 2. The van der Waals surface area contributed by atoms with Gasteiger partial charge in [-0.2, -0.15) is 13.2 Å². The standard InChI is InChI=1S/C19H22F3N5O4/c1-2-3-4-9-31-16-10-13(17(29)24-12-19(20,21)22)5-6-15(16)27-11-14(25-26-27)18(30)23-7-8-28/h2,5-6,10-11,28H,1,3-4,7-9,12H2,(H,23,30)(H,24,29). The number of carbonyl (C=O) groups is 2. The number of aliphatic hydroxyl groups is 1. The number of nitrogens with zero attached hydrogens (tertiary/aromatic N) is 3. The second kappa shape index (κ2) is 11.1. The number of hydrogen-bond donors (Lipinski definition) is 3. The molecule has 0 saturated heterocycles. The Morgan fingerprint density at radius 1 is 1.26 bits per heavy atom. The molecule has 168 valence electrons. The summed E-state index contributed by atoms with van der Waals surface area (Å²) in [5.74, 6) is -1.28. The molecule has 0 spiro atoms. The number of nitrogens with one attached hydrogen (secondary N) is 2. The molecule has 2 amide bonds. The van der Waals surface area contributed by atoms with Crippen molar-refractivity contribution in [2.75, 3.05) is 26.3 Å². The van der Waals surface area contributed by atoms with E-state index >= 15 is 0 Å². The normalized spacial score (nSPS) is 11.1. The van der Waals surface area contributed by atoms with Gasteiger partial charge >= 0.3 is 6.18 Å². The van der Waals surface area contributed by atoms with Crippen LogP contribution in [-0.4, -0.2) is 64.4 Å². The summed E-state index contributed by atoms with van der Waals surface area (Å²) in [6.45, 7) is 2.22. The SMILES string of the molecule is C=CCCCOc1cc(C(=O)NCC(F)(F)F)ccc1-n1cc(C(=O)NCCO)nn1. The molecule has 0 fully saturated rings. The van der Waals surface area contributed by atoms with E-state index in [4.69, 9.17) is 9.84 Å². The van der Waals surface area contributed by atoms with Crippen LogP contribution >= 0.6 is 0 Å². The van der Waals surface area contributed by atoms with Crippen molar-refractivity contribution in [1.29, 1.82) is 0 Å². The van der Waals surface area contributed by atoms with Crippen molar-refractivity contribution in [3.8, 4) is 11.4 Å². The van der Waals surface area contributed by atoms with E-state index in [9.17, 15) is 22.8 Å². The lowest BCUT2D eigenvalue weighted by Crippen LogP contribution is -2.33. The van der Waals surface area contributed by atoms with Crippen LogP contribution in [0.5, 0.6) is 5.75 Å². The van der Waals surface area contributed by atoms with Crippen LogP contribution in [-0.2, 0) is 0 Å². The maximum absolute atomic E-state index is 12.4. The summed E-state index contributed by atoms with van der Waals surface area (Å²) in [5.41, 5.74) is 0.283. The molecule has 0 bridgehead atoms. The van der Waals surface area contributed by atoms with Gasteiger partial charge in [0.25, 0.3) is 11.8 Å². The van der Waals surface area contributed by atoms with E-state index in [2.05, 4.69) is 22.2 Å². The van der Waals surface area contributed by atoms with Crippen LogP contribution in [0.4, 0.5) is 13.2 Å². The van der Waals surface area contributed by atoms with Crippen molar-refractivity contribution in [2.45, 2.75) is 19.0 Å². The molecule has 0 atom stereocenters. The highest BCUT2D eigenvalue weighted by molar-refractivity contribution is 5.95. The van der Waals surface area contributed by atoms with Crippen LogP contribution in [0.3, 0.4) is 0 Å². The van der Waals surface area contributed by atoms with Crippen LogP contribution < -0.4 is 15.4 Å². The van der Waals surface area contributed by atoms with Crippen LogP contribution in [0.1, 0.15) is 33.7 Å². The Hall–Kier alpha value is -3.41. The fourth-order valence-corrected chi connectivity index (χ4v) is 2.40. The topological polar surface area (TPSA) is 118 Å². The molecule has 0 saturated carbocycles. The highest BCUT2D eigenvalue weighted by atomic mass is 19.4. The van der Waals surface area contributed by atoms with Crippen LogP contribution in [0, 0.1) is 0 Å². The van der Waals surface area contributed by atoms with Gasteiger partial charge in [0.05, 0.1) is 19.4 Å². The molecular formula is C19H22F3N5O4. The lowest BCUT2D eigenvalue weighted by Gasteiger charge is -2.13. The highest BCUT2D eigenvalue weighted by Gasteiger charge is 2.28. The third-order valence-corrected chi connectivity index (χ3v) is 3.85. The Morgan fingerprint density at radius 3 is 2.71 bits per heavy atom. The van der Waals surface area contributed by atoms with E-state index in [-0.39, 0.29) is 36.8 Å². The lowest BCUT2D eigenvalue weighted by atomic mass is 10.1. The number of aliphatic hydroxyl groups excluding tert-OH is 1. The summed E-state index contributed by atoms with van der Waals surface area (Å²) >= 11 is 0. The molecule has 0 aliphatic heterocycles. The number of ether oxygens (including phenoxy) is 1. The summed E-state index contributed by atoms with van der Waals surface area (Å²) in [4.78, 5) is 24.0. The van der Waals surface area contributed by atoms with Crippen molar-refractivity contribution in [2.24, 2.45) is 0 Å². The van der Waals surface area contributed by atoms with Gasteiger partial charge in [-0.05, 0) is 31.0 Å². The zero-order valence-corrected chi connectivity index (χ0v) is 16.5. The number of aromatic nitrogens is 3. The molecule has 1 aromatic heterocycles. The second-order valence-electron chi connectivity index (χ2n) is 6.29. The number of benzene rings is 1. The molecule has 1 aromatic carbocycles. The Morgan fingerprint density at radius 2 is 2.03 bits per heavy atom. The summed E-state index contributed by atoms with van der Waals surface area (Å²) < 4.78 is 44.0. The highest BCUT2D eigenvalue weighted by Crippen LogP contribution is 2.25. The van der Waals surface area contributed by atoms with Crippen molar-refractivity contribution in [1.82, 2.24) is 25.6 Å². The van der Waals surface area contributed by atoms with Crippen molar-refractivity contribution in [3.05, 3.63) is 48.3 Å². The number of alkyl halides is 3. The molecule has 9 nitrogen and oxygen atoms in total. The molecule has 0 unspecified atom stereocenters. The van der Waals surface area contributed by atoms with Gasteiger partial charge in [0, 0.05) is 12.1 Å². The molecular weight excluding hydrogens is 419 g/mol. The molecule has 3 N–H and O–H groups in total. The minimum absolute atomic E-state index is 0.0157. The summed E-state index contributed by atoms with van der Waals surface area (Å²) in [5, 5.41) is 20.6. The quantitative estimate of drug-likeness (QED) is 0.360. The molecule has 0 aliphatic rings. The van der Waals surface area contributed by atoms with Crippen molar-refractivity contribution in [3.63, 3.8) is 0 Å². The Balaban J connectivity index is 2.26. The van der Waals surface area contributed by atoms with E-state index in [1.165, 1.54) is 29.1 Å². The molecule has 31 heavy (non-hydrogen) atoms. The largest absolute Gasteiger partial charge is 0.491 e. The number of unbranched alkanes of at least 4 members (excludes halogenated alkanes) is 1. The summed E-state index contributed by atoms with van der Waals surface area (Å²) in [6.07, 6.45) is -0.200.